The first-order valence-corrected chi connectivity index (χ1v) is 15.7. The number of fused-ring (bicyclic) bond motifs is 5. The van der Waals surface area contributed by atoms with Gasteiger partial charge in [-0.15, -0.1) is 0 Å². The summed E-state index contributed by atoms with van der Waals surface area (Å²) in [6, 6.07) is 60.3. The number of aromatic nitrogens is 2. The summed E-state index contributed by atoms with van der Waals surface area (Å²) in [5, 5.41) is 9.48. The number of hydrogen-bond donors (Lipinski definition) is 0. The highest BCUT2D eigenvalue weighted by Crippen LogP contribution is 2.41. The van der Waals surface area contributed by atoms with Gasteiger partial charge in [-0.3, -0.25) is 0 Å². The first kappa shape index (κ1) is 26.3. The van der Waals surface area contributed by atoms with E-state index in [0.29, 0.717) is 0 Å². The van der Waals surface area contributed by atoms with E-state index in [1.165, 1.54) is 32.3 Å². The summed E-state index contributed by atoms with van der Waals surface area (Å²) in [6.45, 7) is 0. The molecule has 2 nitrogen and oxygen atoms in total. The second-order valence-corrected chi connectivity index (χ2v) is 11.8. The Hall–Kier alpha value is -6.12. The molecule has 46 heavy (non-hydrogen) atoms. The van der Waals surface area contributed by atoms with Gasteiger partial charge in [0.15, 0.2) is 5.82 Å². The van der Waals surface area contributed by atoms with Gasteiger partial charge >= 0.3 is 0 Å². The van der Waals surface area contributed by atoms with Crippen molar-refractivity contribution >= 4 is 43.1 Å². The summed E-state index contributed by atoms with van der Waals surface area (Å²) in [4.78, 5) is 10.9. The van der Waals surface area contributed by atoms with E-state index in [1.54, 1.807) is 0 Å². The molecule has 0 aliphatic heterocycles. The van der Waals surface area contributed by atoms with E-state index in [-0.39, 0.29) is 0 Å². The fourth-order valence-corrected chi connectivity index (χ4v) is 6.92. The van der Waals surface area contributed by atoms with Gasteiger partial charge in [0.05, 0.1) is 11.4 Å². The van der Waals surface area contributed by atoms with Crippen molar-refractivity contribution in [3.05, 3.63) is 170 Å². The fourth-order valence-electron chi connectivity index (χ4n) is 6.92. The third kappa shape index (κ3) is 4.35. The van der Waals surface area contributed by atoms with Crippen molar-refractivity contribution < 1.29 is 0 Å². The van der Waals surface area contributed by atoms with Crippen LogP contribution < -0.4 is 0 Å². The Morgan fingerprint density at radius 3 is 1.67 bits per heavy atom. The Balaban J connectivity index is 1.41. The van der Waals surface area contributed by atoms with Gasteiger partial charge in [0.2, 0.25) is 0 Å². The molecule has 9 rings (SSSR count). The van der Waals surface area contributed by atoms with Gasteiger partial charge in [0, 0.05) is 16.7 Å². The highest BCUT2D eigenvalue weighted by Gasteiger charge is 2.19. The average Bonchev–Trinajstić information content (AvgIpc) is 3.13. The first-order chi connectivity index (χ1) is 22.8. The van der Waals surface area contributed by atoms with Crippen LogP contribution in [0, 0.1) is 0 Å². The third-order valence-electron chi connectivity index (χ3n) is 9.07. The highest BCUT2D eigenvalue weighted by atomic mass is 14.9. The number of hydrogen-bond acceptors (Lipinski definition) is 2. The van der Waals surface area contributed by atoms with Gasteiger partial charge in [0.25, 0.3) is 0 Å². The maximum Gasteiger partial charge on any atom is 0.161 e. The second kappa shape index (κ2) is 10.8. The van der Waals surface area contributed by atoms with Crippen LogP contribution in [0.1, 0.15) is 0 Å². The summed E-state index contributed by atoms with van der Waals surface area (Å²) >= 11 is 0. The van der Waals surface area contributed by atoms with Crippen LogP contribution in [0.15, 0.2) is 170 Å². The molecule has 0 N–H and O–H groups in total. The first-order valence-electron chi connectivity index (χ1n) is 15.7. The molecule has 0 amide bonds. The van der Waals surface area contributed by atoms with E-state index in [2.05, 4.69) is 170 Å². The van der Waals surface area contributed by atoms with Crippen LogP contribution in [0.5, 0.6) is 0 Å². The van der Waals surface area contributed by atoms with Gasteiger partial charge < -0.3 is 0 Å². The van der Waals surface area contributed by atoms with E-state index in [1.807, 2.05) is 0 Å². The van der Waals surface area contributed by atoms with Crippen LogP contribution in [0.2, 0.25) is 0 Å². The van der Waals surface area contributed by atoms with Crippen molar-refractivity contribution in [3.8, 4) is 45.0 Å². The predicted octanol–water partition coefficient (Wildman–Crippen LogP) is 11.8. The summed E-state index contributed by atoms with van der Waals surface area (Å²) in [6.07, 6.45) is 0. The molecule has 0 spiro atoms. The number of nitrogens with zero attached hydrogens (tertiary/aromatic N) is 2. The van der Waals surface area contributed by atoms with Crippen LogP contribution in [-0.4, -0.2) is 9.97 Å². The molecule has 2 heteroatoms. The predicted molar refractivity (Wildman–Crippen MR) is 194 cm³/mol. The SMILES string of the molecule is c1ccc(-c2ccccc2-c2cc(-c3cccc4ccccc34)nc(-c3c4ccccc4cc4c3ccc3ccccc34)n2)cc1. The van der Waals surface area contributed by atoms with Crippen LogP contribution in [0.4, 0.5) is 0 Å². The molecule has 1 aromatic heterocycles. The second-order valence-electron chi connectivity index (χ2n) is 11.8. The highest BCUT2D eigenvalue weighted by molar-refractivity contribution is 6.19. The third-order valence-corrected chi connectivity index (χ3v) is 9.07. The van der Waals surface area contributed by atoms with Crippen molar-refractivity contribution in [2.45, 2.75) is 0 Å². The van der Waals surface area contributed by atoms with E-state index >= 15 is 0 Å². The minimum absolute atomic E-state index is 0.723. The zero-order valence-electron chi connectivity index (χ0n) is 25.1. The zero-order chi connectivity index (χ0) is 30.5. The minimum atomic E-state index is 0.723. The largest absolute Gasteiger partial charge is 0.228 e. The maximum absolute atomic E-state index is 5.43. The van der Waals surface area contributed by atoms with Gasteiger partial charge in [0.1, 0.15) is 0 Å². The summed E-state index contributed by atoms with van der Waals surface area (Å²) in [5.41, 5.74) is 7.33. The summed E-state index contributed by atoms with van der Waals surface area (Å²) < 4.78 is 0. The van der Waals surface area contributed by atoms with Crippen molar-refractivity contribution in [1.82, 2.24) is 9.97 Å². The lowest BCUT2D eigenvalue weighted by molar-refractivity contribution is 1.19. The lowest BCUT2D eigenvalue weighted by Gasteiger charge is -2.16. The monoisotopic (exact) mass is 584 g/mol. The molecule has 1 heterocycles. The topological polar surface area (TPSA) is 25.8 Å². The molecular weight excluding hydrogens is 556 g/mol. The van der Waals surface area contributed by atoms with Crippen molar-refractivity contribution in [2.24, 2.45) is 0 Å². The Morgan fingerprint density at radius 1 is 0.304 bits per heavy atom. The van der Waals surface area contributed by atoms with Gasteiger partial charge in [-0.25, -0.2) is 9.97 Å². The molecule has 0 atom stereocenters. The van der Waals surface area contributed by atoms with Gasteiger partial charge in [-0.05, 0) is 66.3 Å². The molecule has 9 aromatic rings. The Bertz CT molecular complexity index is 2580. The van der Waals surface area contributed by atoms with E-state index in [0.717, 1.165) is 55.8 Å². The molecule has 8 aromatic carbocycles. The van der Waals surface area contributed by atoms with Gasteiger partial charge in [-0.1, -0.05) is 158 Å². The van der Waals surface area contributed by atoms with Crippen LogP contribution in [0.3, 0.4) is 0 Å². The van der Waals surface area contributed by atoms with E-state index in [9.17, 15) is 0 Å². The molecule has 214 valence electrons. The van der Waals surface area contributed by atoms with Crippen molar-refractivity contribution in [2.75, 3.05) is 0 Å². The lowest BCUT2D eigenvalue weighted by Crippen LogP contribution is -1.99. The lowest BCUT2D eigenvalue weighted by atomic mass is 9.92. The average molecular weight is 585 g/mol. The number of rotatable bonds is 4. The van der Waals surface area contributed by atoms with E-state index in [4.69, 9.17) is 9.97 Å². The number of benzene rings is 8. The molecule has 0 aliphatic carbocycles. The van der Waals surface area contributed by atoms with Crippen LogP contribution in [0.25, 0.3) is 88.1 Å². The Kier molecular flexibility index (Phi) is 6.17. The molecular formula is C44H28N2. The maximum atomic E-state index is 5.43. The molecule has 0 unspecified atom stereocenters. The van der Waals surface area contributed by atoms with E-state index < -0.39 is 0 Å². The fraction of sp³-hybridized carbons (Fsp3) is 0. The van der Waals surface area contributed by atoms with Crippen molar-refractivity contribution in [1.29, 1.82) is 0 Å². The standard InChI is InChI=1S/C44H28N2/c1-2-13-29(14-3-1)33-20-10-11-23-37(33)41-28-42(38-24-12-18-30-15-4-7-19-34(30)38)46-44(45-41)43-36-22-9-6-17-32(36)27-40-35-21-8-5-16-31(35)25-26-39(40)43/h1-28H. The molecule has 0 aliphatic rings. The Labute approximate surface area is 267 Å². The smallest absolute Gasteiger partial charge is 0.161 e. The summed E-state index contributed by atoms with van der Waals surface area (Å²) in [7, 11) is 0. The van der Waals surface area contributed by atoms with Gasteiger partial charge in [-0.2, -0.15) is 0 Å². The quantitative estimate of drug-likeness (QED) is 0.152. The van der Waals surface area contributed by atoms with Crippen molar-refractivity contribution in [3.63, 3.8) is 0 Å². The molecule has 0 bridgehead atoms. The Morgan fingerprint density at radius 2 is 0.870 bits per heavy atom. The van der Waals surface area contributed by atoms with Crippen LogP contribution in [-0.2, 0) is 0 Å². The minimum Gasteiger partial charge on any atom is -0.228 e. The molecule has 0 radical (unpaired) electrons. The van der Waals surface area contributed by atoms with Crippen LogP contribution >= 0.6 is 0 Å². The molecule has 0 saturated heterocycles. The summed E-state index contributed by atoms with van der Waals surface area (Å²) in [5.74, 6) is 0.723. The zero-order valence-corrected chi connectivity index (χ0v) is 25.1. The molecule has 0 fully saturated rings. The normalized spacial score (nSPS) is 11.5. The molecule has 0 saturated carbocycles.